The second kappa shape index (κ2) is 5.48. The summed E-state index contributed by atoms with van der Waals surface area (Å²) in [6.07, 6.45) is 3.91. The minimum absolute atomic E-state index is 0.0636. The Morgan fingerprint density at radius 1 is 1.50 bits per heavy atom. The molecule has 0 spiro atoms. The van der Waals surface area contributed by atoms with Gasteiger partial charge in [-0.05, 0) is 30.9 Å². The molecule has 1 amide bonds. The van der Waals surface area contributed by atoms with Gasteiger partial charge in [-0.15, -0.1) is 0 Å². The van der Waals surface area contributed by atoms with Crippen molar-refractivity contribution in [3.05, 3.63) is 34.2 Å². The molecule has 0 aliphatic heterocycles. The standard InChI is InChI=1S/C14H18N2O4/c1-9-4-2-6-14(8-9,13(19)20)16-12(18)10-5-3-7-15-11(10)17/h3,5,7,9H,2,4,6,8H2,1H3,(H,15,17)(H,16,18)(H,19,20). The molecular formula is C14H18N2O4. The third kappa shape index (κ3) is 2.74. The Bertz CT molecular complexity index is 581. The van der Waals surface area contributed by atoms with E-state index in [0.717, 1.165) is 12.8 Å². The van der Waals surface area contributed by atoms with Crippen LogP contribution >= 0.6 is 0 Å². The maximum Gasteiger partial charge on any atom is 0.329 e. The molecule has 108 valence electrons. The molecule has 1 heterocycles. The van der Waals surface area contributed by atoms with Gasteiger partial charge in [0.1, 0.15) is 11.1 Å². The number of H-pyrrole nitrogens is 1. The zero-order valence-corrected chi connectivity index (χ0v) is 11.3. The summed E-state index contributed by atoms with van der Waals surface area (Å²) in [5, 5.41) is 12.0. The molecule has 0 saturated heterocycles. The number of rotatable bonds is 3. The summed E-state index contributed by atoms with van der Waals surface area (Å²) < 4.78 is 0. The number of hydrogen-bond donors (Lipinski definition) is 3. The number of aromatic nitrogens is 1. The van der Waals surface area contributed by atoms with Gasteiger partial charge in [0.2, 0.25) is 0 Å². The van der Waals surface area contributed by atoms with Crippen LogP contribution in [0.5, 0.6) is 0 Å². The number of carbonyl (C=O) groups excluding carboxylic acids is 1. The molecule has 1 aliphatic rings. The Balaban J connectivity index is 2.25. The lowest BCUT2D eigenvalue weighted by atomic mass is 9.76. The van der Waals surface area contributed by atoms with E-state index in [0.29, 0.717) is 12.8 Å². The molecule has 0 aromatic carbocycles. The fraction of sp³-hybridized carbons (Fsp3) is 0.500. The first-order valence-electron chi connectivity index (χ1n) is 6.68. The van der Waals surface area contributed by atoms with Gasteiger partial charge in [0.15, 0.2) is 0 Å². The molecule has 0 radical (unpaired) electrons. The lowest BCUT2D eigenvalue weighted by Gasteiger charge is -2.37. The lowest BCUT2D eigenvalue weighted by Crippen LogP contribution is -2.57. The summed E-state index contributed by atoms with van der Waals surface area (Å²) in [4.78, 5) is 37.7. The number of carboxylic acids is 1. The van der Waals surface area contributed by atoms with E-state index in [1.54, 1.807) is 0 Å². The molecule has 0 bridgehead atoms. The smallest absolute Gasteiger partial charge is 0.329 e. The van der Waals surface area contributed by atoms with Crippen LogP contribution in [0.3, 0.4) is 0 Å². The number of pyridine rings is 1. The van der Waals surface area contributed by atoms with E-state index >= 15 is 0 Å². The molecule has 2 rings (SSSR count). The number of hydrogen-bond acceptors (Lipinski definition) is 3. The topological polar surface area (TPSA) is 99.3 Å². The Morgan fingerprint density at radius 3 is 2.85 bits per heavy atom. The number of carboxylic acid groups (broad SMARTS) is 1. The van der Waals surface area contributed by atoms with Crippen molar-refractivity contribution < 1.29 is 14.7 Å². The van der Waals surface area contributed by atoms with Gasteiger partial charge in [-0.2, -0.15) is 0 Å². The fourth-order valence-electron chi connectivity index (χ4n) is 2.80. The van der Waals surface area contributed by atoms with E-state index in [4.69, 9.17) is 0 Å². The fourth-order valence-corrected chi connectivity index (χ4v) is 2.80. The summed E-state index contributed by atoms with van der Waals surface area (Å²) in [6.45, 7) is 1.97. The first-order valence-corrected chi connectivity index (χ1v) is 6.68. The van der Waals surface area contributed by atoms with Gasteiger partial charge in [-0.25, -0.2) is 4.79 Å². The van der Waals surface area contributed by atoms with Crippen LogP contribution in [0.4, 0.5) is 0 Å². The molecule has 1 aromatic heterocycles. The van der Waals surface area contributed by atoms with Crippen LogP contribution in [-0.4, -0.2) is 27.5 Å². The van der Waals surface area contributed by atoms with Gasteiger partial charge in [-0.3, -0.25) is 9.59 Å². The predicted octanol–water partition coefficient (Wildman–Crippen LogP) is 1.14. The van der Waals surface area contributed by atoms with Crippen molar-refractivity contribution in [3.63, 3.8) is 0 Å². The molecule has 6 nitrogen and oxygen atoms in total. The molecule has 1 saturated carbocycles. The monoisotopic (exact) mass is 278 g/mol. The van der Waals surface area contributed by atoms with Crippen molar-refractivity contribution in [2.24, 2.45) is 5.92 Å². The van der Waals surface area contributed by atoms with Gasteiger partial charge in [0.05, 0.1) is 0 Å². The minimum atomic E-state index is -1.27. The summed E-state index contributed by atoms with van der Waals surface area (Å²) in [7, 11) is 0. The average Bonchev–Trinajstić information content (AvgIpc) is 2.38. The van der Waals surface area contributed by atoms with Crippen molar-refractivity contribution in [1.29, 1.82) is 0 Å². The van der Waals surface area contributed by atoms with E-state index in [9.17, 15) is 19.5 Å². The first kappa shape index (κ1) is 14.3. The highest BCUT2D eigenvalue weighted by Gasteiger charge is 2.43. The quantitative estimate of drug-likeness (QED) is 0.772. The maximum atomic E-state index is 12.2. The van der Waals surface area contributed by atoms with Crippen LogP contribution < -0.4 is 10.9 Å². The van der Waals surface area contributed by atoms with Crippen molar-refractivity contribution in [1.82, 2.24) is 10.3 Å². The van der Waals surface area contributed by atoms with Gasteiger partial charge in [-0.1, -0.05) is 19.8 Å². The third-order valence-corrected chi connectivity index (χ3v) is 3.82. The van der Waals surface area contributed by atoms with Crippen molar-refractivity contribution >= 4 is 11.9 Å². The average molecular weight is 278 g/mol. The largest absolute Gasteiger partial charge is 0.480 e. The van der Waals surface area contributed by atoms with Gasteiger partial charge >= 0.3 is 5.97 Å². The molecule has 6 heteroatoms. The highest BCUT2D eigenvalue weighted by atomic mass is 16.4. The molecule has 3 N–H and O–H groups in total. The second-order valence-corrected chi connectivity index (χ2v) is 5.46. The minimum Gasteiger partial charge on any atom is -0.480 e. The predicted molar refractivity (Wildman–Crippen MR) is 72.5 cm³/mol. The Kier molecular flexibility index (Phi) is 3.92. The molecule has 2 unspecified atom stereocenters. The molecule has 1 aromatic rings. The Labute approximate surface area is 116 Å². The molecule has 20 heavy (non-hydrogen) atoms. The van der Waals surface area contributed by atoms with E-state index in [-0.39, 0.29) is 11.5 Å². The summed E-state index contributed by atoms with van der Waals surface area (Å²) in [6, 6.07) is 2.92. The van der Waals surface area contributed by atoms with E-state index in [2.05, 4.69) is 10.3 Å². The van der Waals surface area contributed by atoms with Gasteiger partial charge in [0, 0.05) is 6.20 Å². The van der Waals surface area contributed by atoms with Crippen molar-refractivity contribution in [3.8, 4) is 0 Å². The number of nitrogens with one attached hydrogen (secondary N) is 2. The zero-order chi connectivity index (χ0) is 14.8. The Morgan fingerprint density at radius 2 is 2.25 bits per heavy atom. The van der Waals surface area contributed by atoms with Crippen LogP contribution in [0.15, 0.2) is 23.1 Å². The number of carbonyl (C=O) groups is 2. The molecule has 1 fully saturated rings. The van der Waals surface area contributed by atoms with Crippen LogP contribution in [-0.2, 0) is 4.79 Å². The van der Waals surface area contributed by atoms with E-state index in [1.807, 2.05) is 6.92 Å². The summed E-state index contributed by atoms with van der Waals surface area (Å²) >= 11 is 0. The molecule has 2 atom stereocenters. The van der Waals surface area contributed by atoms with Crippen LogP contribution in [0.1, 0.15) is 43.0 Å². The lowest BCUT2D eigenvalue weighted by molar-refractivity contribution is -0.146. The van der Waals surface area contributed by atoms with Crippen LogP contribution in [0.2, 0.25) is 0 Å². The second-order valence-electron chi connectivity index (χ2n) is 5.46. The van der Waals surface area contributed by atoms with Crippen molar-refractivity contribution in [2.75, 3.05) is 0 Å². The van der Waals surface area contributed by atoms with Crippen molar-refractivity contribution in [2.45, 2.75) is 38.1 Å². The highest BCUT2D eigenvalue weighted by molar-refractivity contribution is 5.97. The third-order valence-electron chi connectivity index (χ3n) is 3.82. The summed E-state index contributed by atoms with van der Waals surface area (Å²) in [5.74, 6) is -1.44. The number of amides is 1. The molecule has 1 aliphatic carbocycles. The first-order chi connectivity index (χ1) is 9.44. The van der Waals surface area contributed by atoms with Crippen LogP contribution in [0.25, 0.3) is 0 Å². The highest BCUT2D eigenvalue weighted by Crippen LogP contribution is 2.32. The van der Waals surface area contributed by atoms with Gasteiger partial charge in [0.25, 0.3) is 11.5 Å². The van der Waals surface area contributed by atoms with Crippen LogP contribution in [0, 0.1) is 5.92 Å². The van der Waals surface area contributed by atoms with E-state index in [1.165, 1.54) is 18.3 Å². The number of aromatic amines is 1. The Hall–Kier alpha value is -2.11. The number of aliphatic carboxylic acids is 1. The summed E-state index contributed by atoms with van der Waals surface area (Å²) in [5.41, 5.74) is -1.85. The zero-order valence-electron chi connectivity index (χ0n) is 11.3. The maximum absolute atomic E-state index is 12.2. The normalized spacial score (nSPS) is 25.9. The van der Waals surface area contributed by atoms with E-state index < -0.39 is 23.0 Å². The van der Waals surface area contributed by atoms with Gasteiger partial charge < -0.3 is 15.4 Å². The molecular weight excluding hydrogens is 260 g/mol. The SMILES string of the molecule is CC1CCCC(NC(=O)c2ccc[nH]c2=O)(C(=O)O)C1.